The summed E-state index contributed by atoms with van der Waals surface area (Å²) in [7, 11) is 0. The van der Waals surface area contributed by atoms with Crippen LogP contribution in [0, 0.1) is 6.92 Å². The average Bonchev–Trinajstić information content (AvgIpc) is 2.22. The van der Waals surface area contributed by atoms with Gasteiger partial charge in [-0.05, 0) is 18.6 Å². The summed E-state index contributed by atoms with van der Waals surface area (Å²) in [5, 5.41) is 0. The zero-order valence-corrected chi connectivity index (χ0v) is 7.95. The molecule has 0 saturated heterocycles. The summed E-state index contributed by atoms with van der Waals surface area (Å²) in [6.45, 7) is 5.99. The number of aryl methyl sites for hydroxylation is 1. The van der Waals surface area contributed by atoms with Crippen LogP contribution >= 0.6 is 0 Å². The van der Waals surface area contributed by atoms with Crippen molar-refractivity contribution in [2.24, 2.45) is 0 Å². The second-order valence-electron chi connectivity index (χ2n) is 2.07. The molecule has 0 atom stereocenters. The molecule has 1 aromatic rings. The van der Waals surface area contributed by atoms with E-state index in [0.717, 1.165) is 5.56 Å². The molecule has 0 aliphatic heterocycles. The van der Waals surface area contributed by atoms with Gasteiger partial charge in [-0.15, -0.1) is 0 Å². The lowest BCUT2D eigenvalue weighted by Gasteiger charge is -1.77. The van der Waals surface area contributed by atoms with Gasteiger partial charge in [0.05, 0.1) is 12.5 Å². The number of rotatable bonds is 0. The Morgan fingerprint density at radius 1 is 1.00 bits per heavy atom. The van der Waals surface area contributed by atoms with Gasteiger partial charge in [-0.2, -0.15) is 0 Å². The maximum absolute atomic E-state index is 5.02. The molecule has 1 aromatic heterocycles. The van der Waals surface area contributed by atoms with Crippen LogP contribution in [0.15, 0.2) is 47.3 Å². The summed E-state index contributed by atoms with van der Waals surface area (Å²) < 4.78 is 5.02. The van der Waals surface area contributed by atoms with Crippen molar-refractivity contribution >= 4 is 0 Å². The SMILES string of the molecule is CC.Cc1ccccccoc1. The van der Waals surface area contributed by atoms with E-state index in [4.69, 9.17) is 4.42 Å². The first-order chi connectivity index (χ1) is 5.89. The molecule has 0 amide bonds. The molecular formula is C11H16O. The van der Waals surface area contributed by atoms with Gasteiger partial charge in [-0.25, -0.2) is 0 Å². The fraction of sp³-hybridized carbons (Fsp3) is 0.273. The third kappa shape index (κ3) is 5.54. The van der Waals surface area contributed by atoms with Crippen LogP contribution in [0.5, 0.6) is 0 Å². The lowest BCUT2D eigenvalue weighted by atomic mass is 10.3. The highest BCUT2D eigenvalue weighted by atomic mass is 16.3. The molecule has 0 bridgehead atoms. The molecule has 0 aliphatic carbocycles. The molecule has 0 aromatic carbocycles. The van der Waals surface area contributed by atoms with Crippen LogP contribution in [-0.4, -0.2) is 0 Å². The van der Waals surface area contributed by atoms with Crippen LogP contribution in [0.2, 0.25) is 0 Å². The minimum Gasteiger partial charge on any atom is -0.472 e. The fourth-order valence-corrected chi connectivity index (χ4v) is 0.612. The molecule has 1 heterocycles. The molecule has 1 heteroatoms. The Morgan fingerprint density at radius 2 is 1.67 bits per heavy atom. The van der Waals surface area contributed by atoms with Crippen molar-refractivity contribution in [2.75, 3.05) is 0 Å². The summed E-state index contributed by atoms with van der Waals surface area (Å²) in [6.07, 6.45) is 3.35. The van der Waals surface area contributed by atoms with E-state index >= 15 is 0 Å². The van der Waals surface area contributed by atoms with Gasteiger partial charge in [0.1, 0.15) is 0 Å². The smallest absolute Gasteiger partial charge is 0.0930 e. The molecule has 0 fully saturated rings. The molecule has 0 spiro atoms. The Morgan fingerprint density at radius 3 is 2.42 bits per heavy atom. The van der Waals surface area contributed by atoms with Gasteiger partial charge >= 0.3 is 0 Å². The minimum atomic E-state index is 1.11. The van der Waals surface area contributed by atoms with Crippen LogP contribution in [0.4, 0.5) is 0 Å². The normalized spacial score (nSPS) is 7.58. The van der Waals surface area contributed by atoms with E-state index in [0.29, 0.717) is 0 Å². The van der Waals surface area contributed by atoms with E-state index in [2.05, 4.69) is 0 Å². The molecule has 0 aliphatic rings. The molecule has 66 valence electrons. The molecule has 1 nitrogen and oxygen atoms in total. The molecule has 1 rings (SSSR count). The summed E-state index contributed by atoms with van der Waals surface area (Å²) >= 11 is 0. The Kier molecular flexibility index (Phi) is 7.05. The van der Waals surface area contributed by atoms with Gasteiger partial charge in [0.2, 0.25) is 0 Å². The van der Waals surface area contributed by atoms with E-state index in [1.807, 2.05) is 51.1 Å². The standard InChI is InChI=1S/C9H10O.C2H6/c1-9-6-4-2-3-5-7-10-8-9;1-2/h2-8H,1H3;1-2H3. The molecule has 12 heavy (non-hydrogen) atoms. The summed E-state index contributed by atoms with van der Waals surface area (Å²) in [5.74, 6) is 0. The fourth-order valence-electron chi connectivity index (χ4n) is 0.612. The van der Waals surface area contributed by atoms with Crippen LogP contribution in [-0.2, 0) is 0 Å². The summed E-state index contributed by atoms with van der Waals surface area (Å²) in [4.78, 5) is 0. The first kappa shape index (κ1) is 10.8. The monoisotopic (exact) mass is 164 g/mol. The molecule has 0 radical (unpaired) electrons. The van der Waals surface area contributed by atoms with Gasteiger partial charge in [0.15, 0.2) is 0 Å². The van der Waals surface area contributed by atoms with Gasteiger partial charge in [-0.3, -0.25) is 0 Å². The Balaban J connectivity index is 0.000000561. The highest BCUT2D eigenvalue weighted by Crippen LogP contribution is 1.90. The van der Waals surface area contributed by atoms with Crippen LogP contribution in [0.25, 0.3) is 0 Å². The van der Waals surface area contributed by atoms with Crippen molar-refractivity contribution in [2.45, 2.75) is 20.8 Å². The Bertz CT molecular complexity index is 212. The summed E-state index contributed by atoms with van der Waals surface area (Å²) in [6, 6.07) is 9.69. The topological polar surface area (TPSA) is 13.1 Å². The Hall–Kier alpha value is -1.24. The molecule has 0 saturated carbocycles. The first-order valence-electron chi connectivity index (χ1n) is 4.22. The van der Waals surface area contributed by atoms with E-state index in [1.165, 1.54) is 0 Å². The van der Waals surface area contributed by atoms with Crippen molar-refractivity contribution in [3.8, 4) is 0 Å². The predicted octanol–water partition coefficient (Wildman–Crippen LogP) is 3.74. The zero-order chi connectivity index (χ0) is 9.23. The van der Waals surface area contributed by atoms with Gasteiger partial charge < -0.3 is 4.42 Å². The van der Waals surface area contributed by atoms with Crippen molar-refractivity contribution in [1.82, 2.24) is 0 Å². The predicted molar refractivity (Wildman–Crippen MR) is 52.4 cm³/mol. The minimum absolute atomic E-state index is 1.11. The summed E-state index contributed by atoms with van der Waals surface area (Å²) in [5.41, 5.74) is 1.11. The van der Waals surface area contributed by atoms with E-state index in [-0.39, 0.29) is 0 Å². The average molecular weight is 164 g/mol. The first-order valence-corrected chi connectivity index (χ1v) is 4.22. The maximum Gasteiger partial charge on any atom is 0.0930 e. The zero-order valence-electron chi connectivity index (χ0n) is 7.95. The van der Waals surface area contributed by atoms with Crippen molar-refractivity contribution in [1.29, 1.82) is 0 Å². The van der Waals surface area contributed by atoms with Crippen molar-refractivity contribution in [3.63, 3.8) is 0 Å². The van der Waals surface area contributed by atoms with Crippen molar-refractivity contribution in [3.05, 3.63) is 48.4 Å². The molecule has 0 unspecified atom stereocenters. The van der Waals surface area contributed by atoms with Crippen LogP contribution in [0.1, 0.15) is 19.4 Å². The number of hydrogen-bond donors (Lipinski definition) is 0. The number of hydrogen-bond acceptors (Lipinski definition) is 1. The maximum atomic E-state index is 5.02. The van der Waals surface area contributed by atoms with Gasteiger partial charge in [0.25, 0.3) is 0 Å². The lowest BCUT2D eigenvalue weighted by molar-refractivity contribution is 0.550. The largest absolute Gasteiger partial charge is 0.472 e. The molecular weight excluding hydrogens is 148 g/mol. The van der Waals surface area contributed by atoms with Crippen LogP contribution in [0.3, 0.4) is 0 Å². The lowest BCUT2D eigenvalue weighted by Crippen LogP contribution is -1.57. The Labute approximate surface area is 74.4 Å². The second-order valence-corrected chi connectivity index (χ2v) is 2.07. The highest BCUT2D eigenvalue weighted by Gasteiger charge is 1.71. The third-order valence-corrected chi connectivity index (χ3v) is 1.10. The highest BCUT2D eigenvalue weighted by molar-refractivity contribution is 5.03. The van der Waals surface area contributed by atoms with E-state index < -0.39 is 0 Å². The van der Waals surface area contributed by atoms with Gasteiger partial charge in [0, 0.05) is 0 Å². The second kappa shape index (κ2) is 7.86. The van der Waals surface area contributed by atoms with Crippen LogP contribution < -0.4 is 0 Å². The quantitative estimate of drug-likeness (QED) is 0.569. The third-order valence-electron chi connectivity index (χ3n) is 1.10. The van der Waals surface area contributed by atoms with E-state index in [1.54, 1.807) is 12.5 Å². The van der Waals surface area contributed by atoms with E-state index in [9.17, 15) is 0 Å². The van der Waals surface area contributed by atoms with Crippen molar-refractivity contribution < 1.29 is 4.42 Å². The van der Waals surface area contributed by atoms with Gasteiger partial charge in [-0.1, -0.05) is 38.1 Å². The molecule has 0 N–H and O–H groups in total.